The van der Waals surface area contributed by atoms with Crippen molar-refractivity contribution in [3.8, 4) is 0 Å². The van der Waals surface area contributed by atoms with Crippen LogP contribution in [0, 0.1) is 23.2 Å². The summed E-state index contributed by atoms with van der Waals surface area (Å²) in [5.41, 5.74) is 0.715. The summed E-state index contributed by atoms with van der Waals surface area (Å²) in [4.78, 5) is 12.3. The fraction of sp³-hybridized carbons (Fsp3) is 0.591. The molecule has 0 bridgehead atoms. The molecule has 0 N–H and O–H groups in total. The lowest BCUT2D eigenvalue weighted by molar-refractivity contribution is -0.202. The van der Waals surface area contributed by atoms with Crippen molar-refractivity contribution in [1.82, 2.24) is 0 Å². The zero-order valence-electron chi connectivity index (χ0n) is 15.6. The second kappa shape index (κ2) is 6.82. The lowest BCUT2D eigenvalue weighted by Crippen LogP contribution is -2.48. The van der Waals surface area contributed by atoms with Crippen molar-refractivity contribution in [3.05, 3.63) is 48.0 Å². The van der Waals surface area contributed by atoms with Crippen molar-refractivity contribution < 1.29 is 19.0 Å². The number of hydrogen-bond donors (Lipinski definition) is 0. The molecule has 4 atom stereocenters. The third-order valence-corrected chi connectivity index (χ3v) is 6.64. The van der Waals surface area contributed by atoms with Gasteiger partial charge in [-0.15, -0.1) is 0 Å². The summed E-state index contributed by atoms with van der Waals surface area (Å²) >= 11 is 0. The zero-order valence-corrected chi connectivity index (χ0v) is 15.6. The normalized spacial score (nSPS) is 35.2. The van der Waals surface area contributed by atoms with Crippen molar-refractivity contribution in [2.45, 2.75) is 38.9 Å². The molecule has 1 aromatic carbocycles. The van der Waals surface area contributed by atoms with Crippen LogP contribution in [0.25, 0.3) is 0 Å². The molecule has 4 rings (SSSR count). The minimum Gasteiger partial charge on any atom is -0.462 e. The van der Waals surface area contributed by atoms with E-state index in [1.165, 1.54) is 0 Å². The number of benzene rings is 1. The largest absolute Gasteiger partial charge is 0.462 e. The smallest absolute Gasteiger partial charge is 0.338 e. The van der Waals surface area contributed by atoms with Gasteiger partial charge in [-0.25, -0.2) is 4.79 Å². The maximum Gasteiger partial charge on any atom is 0.338 e. The minimum absolute atomic E-state index is 0.0984. The van der Waals surface area contributed by atoms with Crippen LogP contribution >= 0.6 is 0 Å². The van der Waals surface area contributed by atoms with E-state index in [0.717, 1.165) is 19.3 Å². The Morgan fingerprint density at radius 1 is 1.15 bits per heavy atom. The SMILES string of the molecule is CC1([C@H]2C=CC3[C@H](COC(=O)c4ccccc4)CCCC32C)OCCO1. The first-order valence-corrected chi connectivity index (χ1v) is 9.71. The average Bonchev–Trinajstić information content (AvgIpc) is 3.24. The molecule has 3 aliphatic rings. The molecule has 1 saturated heterocycles. The molecular weight excluding hydrogens is 328 g/mol. The van der Waals surface area contributed by atoms with Crippen LogP contribution in [0.1, 0.15) is 43.5 Å². The van der Waals surface area contributed by atoms with E-state index in [4.69, 9.17) is 14.2 Å². The molecule has 4 nitrogen and oxygen atoms in total. The van der Waals surface area contributed by atoms with Gasteiger partial charge in [0.05, 0.1) is 25.4 Å². The quantitative estimate of drug-likeness (QED) is 0.599. The van der Waals surface area contributed by atoms with Crippen LogP contribution in [0.5, 0.6) is 0 Å². The van der Waals surface area contributed by atoms with Gasteiger partial charge >= 0.3 is 5.97 Å². The molecular formula is C22H28O4. The minimum atomic E-state index is -0.525. The maximum atomic E-state index is 12.3. The zero-order chi connectivity index (χ0) is 18.2. The molecule has 1 aliphatic heterocycles. The number of rotatable bonds is 4. The number of fused-ring (bicyclic) bond motifs is 1. The van der Waals surface area contributed by atoms with Gasteiger partial charge in [-0.2, -0.15) is 0 Å². The van der Waals surface area contributed by atoms with E-state index >= 15 is 0 Å². The van der Waals surface area contributed by atoms with Gasteiger partial charge in [0.15, 0.2) is 5.79 Å². The summed E-state index contributed by atoms with van der Waals surface area (Å²) in [6.07, 6.45) is 8.00. The highest BCUT2D eigenvalue weighted by atomic mass is 16.7. The number of hydrogen-bond acceptors (Lipinski definition) is 4. The van der Waals surface area contributed by atoms with Crippen molar-refractivity contribution in [1.29, 1.82) is 0 Å². The molecule has 0 spiro atoms. The van der Waals surface area contributed by atoms with Crippen molar-refractivity contribution in [2.75, 3.05) is 19.8 Å². The van der Waals surface area contributed by atoms with Gasteiger partial charge in [0, 0.05) is 5.92 Å². The van der Waals surface area contributed by atoms with E-state index in [2.05, 4.69) is 26.0 Å². The third kappa shape index (κ3) is 2.99. The monoisotopic (exact) mass is 356 g/mol. The number of ether oxygens (including phenoxy) is 3. The lowest BCUT2D eigenvalue weighted by Gasteiger charge is -2.48. The topological polar surface area (TPSA) is 44.8 Å². The van der Waals surface area contributed by atoms with E-state index in [1.54, 1.807) is 12.1 Å². The third-order valence-electron chi connectivity index (χ3n) is 6.64. The predicted octanol–water partition coefficient (Wildman–Crippen LogP) is 4.22. The van der Waals surface area contributed by atoms with E-state index in [1.807, 2.05) is 18.2 Å². The first kappa shape index (κ1) is 17.7. The number of esters is 1. The molecule has 1 saturated carbocycles. The number of allylic oxidation sites excluding steroid dienone is 1. The summed E-state index contributed by atoms with van der Waals surface area (Å²) in [6, 6.07) is 9.23. The molecule has 2 aliphatic carbocycles. The first-order valence-electron chi connectivity index (χ1n) is 9.71. The Balaban J connectivity index is 1.45. The lowest BCUT2D eigenvalue weighted by atomic mass is 9.59. The Bertz CT molecular complexity index is 677. The van der Waals surface area contributed by atoms with Gasteiger partial charge in [0.2, 0.25) is 0 Å². The summed E-state index contributed by atoms with van der Waals surface area (Å²) in [5, 5.41) is 0. The summed E-state index contributed by atoms with van der Waals surface area (Å²) < 4.78 is 17.6. The Hall–Kier alpha value is -1.65. The van der Waals surface area contributed by atoms with Crippen molar-refractivity contribution in [3.63, 3.8) is 0 Å². The van der Waals surface area contributed by atoms with E-state index < -0.39 is 5.79 Å². The molecule has 0 amide bonds. The second-order valence-corrected chi connectivity index (χ2v) is 8.22. The molecule has 2 fully saturated rings. The molecule has 0 aromatic heterocycles. The second-order valence-electron chi connectivity index (χ2n) is 8.22. The van der Waals surface area contributed by atoms with E-state index in [0.29, 0.717) is 37.2 Å². The summed E-state index contributed by atoms with van der Waals surface area (Å²) in [6.45, 7) is 6.23. The van der Waals surface area contributed by atoms with Crippen LogP contribution in [0.3, 0.4) is 0 Å². The summed E-state index contributed by atoms with van der Waals surface area (Å²) in [5.74, 6) is 0.242. The first-order chi connectivity index (χ1) is 12.5. The molecule has 140 valence electrons. The highest BCUT2D eigenvalue weighted by Crippen LogP contribution is 2.58. The molecule has 1 aromatic rings. The van der Waals surface area contributed by atoms with Crippen LogP contribution in [-0.2, 0) is 14.2 Å². The fourth-order valence-corrected chi connectivity index (χ4v) is 5.33. The van der Waals surface area contributed by atoms with E-state index in [-0.39, 0.29) is 17.3 Å². The van der Waals surface area contributed by atoms with E-state index in [9.17, 15) is 4.79 Å². The molecule has 4 heteroatoms. The Labute approximate surface area is 155 Å². The molecule has 26 heavy (non-hydrogen) atoms. The maximum absolute atomic E-state index is 12.3. The average molecular weight is 356 g/mol. The number of carbonyl (C=O) groups is 1. The van der Waals surface area contributed by atoms with Gasteiger partial charge in [-0.1, -0.05) is 43.7 Å². The van der Waals surface area contributed by atoms with Gasteiger partial charge in [-0.3, -0.25) is 0 Å². The Morgan fingerprint density at radius 3 is 2.62 bits per heavy atom. The fourth-order valence-electron chi connectivity index (χ4n) is 5.33. The summed E-state index contributed by atoms with van der Waals surface area (Å²) in [7, 11) is 0. The van der Waals surface area contributed by atoms with Crippen molar-refractivity contribution in [2.24, 2.45) is 23.2 Å². The van der Waals surface area contributed by atoms with Crippen LogP contribution in [0.15, 0.2) is 42.5 Å². The molecule has 2 unspecified atom stereocenters. The standard InChI is InChI=1S/C22H28O4/c1-21-12-6-9-17(15-24-20(23)16-7-4-3-5-8-16)18(21)10-11-19(21)22(2)25-13-14-26-22/h3-5,7-8,10-11,17-19H,6,9,12-15H2,1-2H3/t17-,18?,19-,21?/m0/s1. The van der Waals surface area contributed by atoms with Gasteiger partial charge < -0.3 is 14.2 Å². The van der Waals surface area contributed by atoms with Crippen LogP contribution in [0.4, 0.5) is 0 Å². The van der Waals surface area contributed by atoms with Crippen LogP contribution < -0.4 is 0 Å². The van der Waals surface area contributed by atoms with Gasteiger partial charge in [-0.05, 0) is 49.1 Å². The Morgan fingerprint density at radius 2 is 1.88 bits per heavy atom. The van der Waals surface area contributed by atoms with Crippen LogP contribution in [0.2, 0.25) is 0 Å². The van der Waals surface area contributed by atoms with Gasteiger partial charge in [0.25, 0.3) is 0 Å². The predicted molar refractivity (Wildman–Crippen MR) is 98.6 cm³/mol. The van der Waals surface area contributed by atoms with Crippen LogP contribution in [-0.4, -0.2) is 31.6 Å². The Kier molecular flexibility index (Phi) is 4.66. The molecule has 1 heterocycles. The van der Waals surface area contributed by atoms with Crippen molar-refractivity contribution >= 4 is 5.97 Å². The highest BCUT2D eigenvalue weighted by molar-refractivity contribution is 5.89. The molecule has 0 radical (unpaired) electrons. The number of carbonyl (C=O) groups excluding carboxylic acids is 1. The highest BCUT2D eigenvalue weighted by Gasteiger charge is 2.56. The van der Waals surface area contributed by atoms with Gasteiger partial charge in [0.1, 0.15) is 0 Å².